The van der Waals surface area contributed by atoms with Crippen LogP contribution in [0.1, 0.15) is 26.2 Å². The van der Waals surface area contributed by atoms with E-state index >= 15 is 0 Å². The van der Waals surface area contributed by atoms with E-state index in [9.17, 15) is 4.79 Å². The van der Waals surface area contributed by atoms with Gasteiger partial charge in [0, 0.05) is 51.2 Å². The highest BCUT2D eigenvalue weighted by Crippen LogP contribution is 2.28. The van der Waals surface area contributed by atoms with Crippen LogP contribution in [0.3, 0.4) is 0 Å². The van der Waals surface area contributed by atoms with Gasteiger partial charge < -0.3 is 16.0 Å². The maximum Gasteiger partial charge on any atom is 0.223 e. The molecule has 1 aliphatic carbocycles. The third-order valence-corrected chi connectivity index (χ3v) is 5.02. The lowest BCUT2D eigenvalue weighted by Gasteiger charge is -2.34. The second kappa shape index (κ2) is 7.38. The van der Waals surface area contributed by atoms with Crippen molar-refractivity contribution in [3.8, 4) is 0 Å². The fourth-order valence-corrected chi connectivity index (χ4v) is 3.31. The Morgan fingerprint density at radius 1 is 1.25 bits per heavy atom. The predicted octanol–water partition coefficient (Wildman–Crippen LogP) is 0.114. The van der Waals surface area contributed by atoms with E-state index in [1.54, 1.807) is 0 Å². The molecule has 1 saturated heterocycles. The Balaban J connectivity index is 1.67. The summed E-state index contributed by atoms with van der Waals surface area (Å²) >= 11 is 0. The maximum absolute atomic E-state index is 12.3. The molecule has 0 aromatic rings. The van der Waals surface area contributed by atoms with Gasteiger partial charge in [0.05, 0.1) is 0 Å². The van der Waals surface area contributed by atoms with Crippen LogP contribution in [0.4, 0.5) is 0 Å². The highest BCUT2D eigenvalue weighted by atomic mass is 16.1. The van der Waals surface area contributed by atoms with E-state index in [4.69, 9.17) is 5.73 Å². The minimum absolute atomic E-state index is 0.117. The van der Waals surface area contributed by atoms with E-state index in [1.165, 1.54) is 0 Å². The van der Waals surface area contributed by atoms with Crippen molar-refractivity contribution in [3.63, 3.8) is 0 Å². The molecular formula is C15H30N4O. The summed E-state index contributed by atoms with van der Waals surface area (Å²) in [5, 5.41) is 3.11. The molecule has 3 unspecified atom stereocenters. The minimum atomic E-state index is 0.117. The SMILES string of the molecule is CC1C(N)CCCC1C(=O)NCCN1CCN(C)CC1. The largest absolute Gasteiger partial charge is 0.355 e. The average Bonchev–Trinajstić information content (AvgIpc) is 2.44. The number of amides is 1. The van der Waals surface area contributed by atoms with Gasteiger partial charge in [0.1, 0.15) is 0 Å². The Morgan fingerprint density at radius 3 is 2.65 bits per heavy atom. The van der Waals surface area contributed by atoms with Crippen molar-refractivity contribution in [2.75, 3.05) is 46.3 Å². The average molecular weight is 282 g/mol. The first-order chi connectivity index (χ1) is 9.58. The zero-order valence-electron chi connectivity index (χ0n) is 13.0. The summed E-state index contributed by atoms with van der Waals surface area (Å²) in [6.45, 7) is 8.32. The monoisotopic (exact) mass is 282 g/mol. The molecule has 5 heteroatoms. The molecule has 5 nitrogen and oxygen atoms in total. The van der Waals surface area contributed by atoms with Crippen molar-refractivity contribution in [1.29, 1.82) is 0 Å². The maximum atomic E-state index is 12.3. The lowest BCUT2D eigenvalue weighted by Crippen LogP contribution is -2.48. The summed E-state index contributed by atoms with van der Waals surface area (Å²) < 4.78 is 0. The van der Waals surface area contributed by atoms with Crippen LogP contribution < -0.4 is 11.1 Å². The van der Waals surface area contributed by atoms with E-state index in [0.717, 1.165) is 58.5 Å². The standard InChI is InChI=1S/C15H30N4O/c1-12-13(4-3-5-14(12)16)15(20)17-6-7-19-10-8-18(2)9-11-19/h12-14H,3-11,16H2,1-2H3,(H,17,20). The van der Waals surface area contributed by atoms with Gasteiger partial charge in [-0.05, 0) is 25.8 Å². The smallest absolute Gasteiger partial charge is 0.223 e. The normalized spacial score (nSPS) is 33.0. The van der Waals surface area contributed by atoms with Gasteiger partial charge in [-0.2, -0.15) is 0 Å². The van der Waals surface area contributed by atoms with Crippen LogP contribution in [0.15, 0.2) is 0 Å². The summed E-state index contributed by atoms with van der Waals surface area (Å²) in [4.78, 5) is 17.0. The van der Waals surface area contributed by atoms with Gasteiger partial charge in [-0.3, -0.25) is 9.69 Å². The van der Waals surface area contributed by atoms with Gasteiger partial charge in [-0.1, -0.05) is 13.3 Å². The van der Waals surface area contributed by atoms with Crippen molar-refractivity contribution in [1.82, 2.24) is 15.1 Å². The fourth-order valence-electron chi connectivity index (χ4n) is 3.31. The van der Waals surface area contributed by atoms with Crippen LogP contribution in [-0.2, 0) is 4.79 Å². The number of nitrogens with zero attached hydrogens (tertiary/aromatic N) is 2. The fraction of sp³-hybridized carbons (Fsp3) is 0.933. The number of rotatable bonds is 4. The zero-order valence-corrected chi connectivity index (χ0v) is 13.0. The second-order valence-corrected chi connectivity index (χ2v) is 6.50. The highest BCUT2D eigenvalue weighted by molar-refractivity contribution is 5.79. The molecular weight excluding hydrogens is 252 g/mol. The molecule has 0 bridgehead atoms. The zero-order chi connectivity index (χ0) is 14.5. The van der Waals surface area contributed by atoms with Gasteiger partial charge in [-0.25, -0.2) is 0 Å². The van der Waals surface area contributed by atoms with E-state index in [0.29, 0.717) is 5.92 Å². The molecule has 2 aliphatic rings. The van der Waals surface area contributed by atoms with Gasteiger partial charge >= 0.3 is 0 Å². The van der Waals surface area contributed by atoms with Crippen molar-refractivity contribution < 1.29 is 4.79 Å². The van der Waals surface area contributed by atoms with Gasteiger partial charge in [-0.15, -0.1) is 0 Å². The summed E-state index contributed by atoms with van der Waals surface area (Å²) in [6, 6.07) is 0.192. The van der Waals surface area contributed by atoms with Crippen LogP contribution in [0.5, 0.6) is 0 Å². The summed E-state index contributed by atoms with van der Waals surface area (Å²) in [5.41, 5.74) is 6.07. The lowest BCUT2D eigenvalue weighted by molar-refractivity contribution is -0.127. The van der Waals surface area contributed by atoms with Gasteiger partial charge in [0.15, 0.2) is 0 Å². The number of hydrogen-bond donors (Lipinski definition) is 2. The molecule has 0 aromatic heterocycles. The summed E-state index contributed by atoms with van der Waals surface area (Å²) in [7, 11) is 2.16. The Labute approximate surface area is 122 Å². The van der Waals surface area contributed by atoms with Crippen LogP contribution in [0.2, 0.25) is 0 Å². The van der Waals surface area contributed by atoms with Crippen LogP contribution in [0, 0.1) is 11.8 Å². The number of piperazine rings is 1. The Kier molecular flexibility index (Phi) is 5.81. The van der Waals surface area contributed by atoms with Gasteiger partial charge in [0.25, 0.3) is 0 Å². The molecule has 116 valence electrons. The van der Waals surface area contributed by atoms with E-state index in [1.807, 2.05) is 0 Å². The third kappa shape index (κ3) is 4.17. The molecule has 1 saturated carbocycles. The Hall–Kier alpha value is -0.650. The number of carbonyl (C=O) groups is 1. The first-order valence-corrected chi connectivity index (χ1v) is 8.02. The second-order valence-electron chi connectivity index (χ2n) is 6.50. The van der Waals surface area contributed by atoms with Crippen LogP contribution in [0.25, 0.3) is 0 Å². The molecule has 3 N–H and O–H groups in total. The molecule has 3 atom stereocenters. The summed E-state index contributed by atoms with van der Waals surface area (Å²) in [6.07, 6.45) is 3.14. The molecule has 0 aromatic carbocycles. The number of nitrogens with one attached hydrogen (secondary N) is 1. The number of nitrogens with two attached hydrogens (primary N) is 1. The third-order valence-electron chi connectivity index (χ3n) is 5.02. The van der Waals surface area contributed by atoms with Crippen molar-refractivity contribution >= 4 is 5.91 Å². The predicted molar refractivity (Wildman–Crippen MR) is 81.4 cm³/mol. The molecule has 1 heterocycles. The topological polar surface area (TPSA) is 61.6 Å². The van der Waals surface area contributed by atoms with E-state index < -0.39 is 0 Å². The first-order valence-electron chi connectivity index (χ1n) is 8.02. The molecule has 0 spiro atoms. The van der Waals surface area contributed by atoms with Crippen molar-refractivity contribution in [2.45, 2.75) is 32.2 Å². The van der Waals surface area contributed by atoms with Crippen molar-refractivity contribution in [3.05, 3.63) is 0 Å². The lowest BCUT2D eigenvalue weighted by atomic mass is 9.77. The highest BCUT2D eigenvalue weighted by Gasteiger charge is 2.32. The molecule has 20 heavy (non-hydrogen) atoms. The quantitative estimate of drug-likeness (QED) is 0.768. The van der Waals surface area contributed by atoms with Crippen molar-refractivity contribution in [2.24, 2.45) is 17.6 Å². The molecule has 1 aliphatic heterocycles. The number of likely N-dealkylation sites (N-methyl/N-ethyl adjacent to an activating group) is 1. The van der Waals surface area contributed by atoms with Crippen LogP contribution in [-0.4, -0.2) is 68.1 Å². The molecule has 2 fully saturated rings. The van der Waals surface area contributed by atoms with E-state index in [2.05, 4.69) is 29.1 Å². The van der Waals surface area contributed by atoms with Crippen LogP contribution >= 0.6 is 0 Å². The molecule has 0 radical (unpaired) electrons. The number of carbonyl (C=O) groups excluding carboxylic acids is 1. The summed E-state index contributed by atoms with van der Waals surface area (Å²) in [5.74, 6) is 0.639. The Morgan fingerprint density at radius 2 is 1.95 bits per heavy atom. The molecule has 1 amide bonds. The van der Waals surface area contributed by atoms with E-state index in [-0.39, 0.29) is 17.9 Å². The first kappa shape index (κ1) is 15.7. The van der Waals surface area contributed by atoms with Gasteiger partial charge in [0.2, 0.25) is 5.91 Å². The Bertz CT molecular complexity index is 315. The number of hydrogen-bond acceptors (Lipinski definition) is 4. The minimum Gasteiger partial charge on any atom is -0.355 e. The molecule has 2 rings (SSSR count).